The molecule has 3 aromatic rings. The van der Waals surface area contributed by atoms with Crippen LogP contribution < -0.4 is 0 Å². The van der Waals surface area contributed by atoms with Crippen molar-refractivity contribution in [3.63, 3.8) is 0 Å². The lowest BCUT2D eigenvalue weighted by molar-refractivity contribution is -0.137. The number of ether oxygens (including phenoxy) is 1. The van der Waals surface area contributed by atoms with Gasteiger partial charge in [-0.05, 0) is 36.8 Å². The van der Waals surface area contributed by atoms with Crippen molar-refractivity contribution in [1.29, 1.82) is 5.26 Å². The van der Waals surface area contributed by atoms with E-state index in [2.05, 4.69) is 16.7 Å². The quantitative estimate of drug-likeness (QED) is 0.420. The SMILES string of the molecule is CCOC(=O)/C(C#N)=C\c1ccc2c(c1)c1ccccc1n2C. The van der Waals surface area contributed by atoms with Crippen molar-refractivity contribution >= 4 is 33.9 Å². The van der Waals surface area contributed by atoms with Crippen LogP contribution in [0.5, 0.6) is 0 Å². The molecule has 0 aliphatic carbocycles. The average molecular weight is 304 g/mol. The number of benzene rings is 2. The molecule has 4 heteroatoms. The third-order valence-corrected chi connectivity index (χ3v) is 3.86. The average Bonchev–Trinajstić information content (AvgIpc) is 2.86. The molecule has 0 N–H and O–H groups in total. The van der Waals surface area contributed by atoms with Crippen LogP contribution in [0, 0.1) is 11.3 Å². The summed E-state index contributed by atoms with van der Waals surface area (Å²) in [7, 11) is 2.03. The van der Waals surface area contributed by atoms with Crippen LogP contribution in [-0.2, 0) is 16.6 Å². The van der Waals surface area contributed by atoms with Crippen LogP contribution >= 0.6 is 0 Å². The number of nitriles is 1. The molecule has 0 amide bonds. The van der Waals surface area contributed by atoms with Gasteiger partial charge in [0.1, 0.15) is 11.6 Å². The molecule has 4 nitrogen and oxygen atoms in total. The van der Waals surface area contributed by atoms with Crippen molar-refractivity contribution in [3.05, 3.63) is 53.6 Å². The summed E-state index contributed by atoms with van der Waals surface area (Å²) in [4.78, 5) is 11.7. The molecule has 0 radical (unpaired) electrons. The van der Waals surface area contributed by atoms with Crippen LogP contribution in [0.25, 0.3) is 27.9 Å². The lowest BCUT2D eigenvalue weighted by atomic mass is 10.1. The number of rotatable bonds is 3. The van der Waals surface area contributed by atoms with Gasteiger partial charge in [-0.2, -0.15) is 5.26 Å². The number of hydrogen-bond acceptors (Lipinski definition) is 3. The van der Waals surface area contributed by atoms with Crippen molar-refractivity contribution in [3.8, 4) is 6.07 Å². The van der Waals surface area contributed by atoms with Gasteiger partial charge in [-0.3, -0.25) is 0 Å². The van der Waals surface area contributed by atoms with Crippen LogP contribution in [0.4, 0.5) is 0 Å². The van der Waals surface area contributed by atoms with E-state index in [1.807, 2.05) is 43.4 Å². The molecule has 0 atom stereocenters. The van der Waals surface area contributed by atoms with E-state index in [-0.39, 0.29) is 12.2 Å². The summed E-state index contributed by atoms with van der Waals surface area (Å²) >= 11 is 0. The van der Waals surface area contributed by atoms with Crippen LogP contribution in [0.1, 0.15) is 12.5 Å². The van der Waals surface area contributed by atoms with Gasteiger partial charge in [-0.25, -0.2) is 4.79 Å². The first-order chi connectivity index (χ1) is 11.2. The lowest BCUT2D eigenvalue weighted by Crippen LogP contribution is -2.05. The van der Waals surface area contributed by atoms with E-state index >= 15 is 0 Å². The number of carbonyl (C=O) groups excluding carboxylic acids is 1. The van der Waals surface area contributed by atoms with E-state index in [0.29, 0.717) is 0 Å². The number of carbonyl (C=O) groups is 1. The number of aryl methyl sites for hydroxylation is 1. The van der Waals surface area contributed by atoms with Crippen LogP contribution in [-0.4, -0.2) is 17.1 Å². The maximum absolute atomic E-state index is 11.7. The van der Waals surface area contributed by atoms with Gasteiger partial charge in [0, 0.05) is 28.9 Å². The minimum Gasteiger partial charge on any atom is -0.462 e. The maximum Gasteiger partial charge on any atom is 0.348 e. The third kappa shape index (κ3) is 2.58. The molecule has 1 aromatic heterocycles. The first-order valence-corrected chi connectivity index (χ1v) is 7.41. The fourth-order valence-corrected chi connectivity index (χ4v) is 2.79. The molecule has 0 saturated carbocycles. The number of hydrogen-bond donors (Lipinski definition) is 0. The van der Waals surface area contributed by atoms with E-state index in [0.717, 1.165) is 27.4 Å². The highest BCUT2D eigenvalue weighted by Crippen LogP contribution is 2.29. The zero-order valence-electron chi connectivity index (χ0n) is 13.0. The largest absolute Gasteiger partial charge is 0.462 e. The van der Waals surface area contributed by atoms with E-state index < -0.39 is 5.97 Å². The van der Waals surface area contributed by atoms with Gasteiger partial charge in [0.15, 0.2) is 0 Å². The van der Waals surface area contributed by atoms with E-state index in [9.17, 15) is 4.79 Å². The minimum absolute atomic E-state index is 0.00596. The Morgan fingerprint density at radius 3 is 2.70 bits per heavy atom. The predicted octanol–water partition coefficient (Wildman–Crippen LogP) is 3.80. The zero-order valence-corrected chi connectivity index (χ0v) is 13.0. The molecule has 0 spiro atoms. The normalized spacial score (nSPS) is 11.6. The van der Waals surface area contributed by atoms with Crippen LogP contribution in [0.2, 0.25) is 0 Å². The van der Waals surface area contributed by atoms with Gasteiger partial charge in [0.05, 0.1) is 6.61 Å². The summed E-state index contributed by atoms with van der Waals surface area (Å²) in [6, 6.07) is 16.0. The Kier molecular flexibility index (Phi) is 3.86. The van der Waals surface area contributed by atoms with Crippen molar-refractivity contribution < 1.29 is 9.53 Å². The highest BCUT2D eigenvalue weighted by molar-refractivity contribution is 6.09. The molecule has 2 aromatic carbocycles. The molecule has 0 unspecified atom stereocenters. The zero-order chi connectivity index (χ0) is 16.4. The van der Waals surface area contributed by atoms with E-state index in [1.54, 1.807) is 13.0 Å². The van der Waals surface area contributed by atoms with Gasteiger partial charge in [0.2, 0.25) is 0 Å². The number of para-hydroxylation sites is 1. The maximum atomic E-state index is 11.7. The number of aromatic nitrogens is 1. The molecule has 3 rings (SSSR count). The predicted molar refractivity (Wildman–Crippen MR) is 90.6 cm³/mol. The fraction of sp³-hybridized carbons (Fsp3) is 0.158. The van der Waals surface area contributed by atoms with E-state index in [4.69, 9.17) is 10.00 Å². The summed E-state index contributed by atoms with van der Waals surface area (Å²) in [5.74, 6) is -0.590. The molecule has 23 heavy (non-hydrogen) atoms. The molecular formula is C19H16N2O2. The van der Waals surface area contributed by atoms with Crippen molar-refractivity contribution in [2.24, 2.45) is 7.05 Å². The Bertz CT molecular complexity index is 974. The summed E-state index contributed by atoms with van der Waals surface area (Å²) < 4.78 is 7.03. The molecule has 0 bridgehead atoms. The van der Waals surface area contributed by atoms with Crippen LogP contribution in [0.3, 0.4) is 0 Å². The Morgan fingerprint density at radius 1 is 1.22 bits per heavy atom. The van der Waals surface area contributed by atoms with E-state index in [1.165, 1.54) is 0 Å². The second kappa shape index (κ2) is 5.98. The number of nitrogens with zero attached hydrogens (tertiary/aromatic N) is 2. The minimum atomic E-state index is -0.590. The Morgan fingerprint density at radius 2 is 1.96 bits per heavy atom. The van der Waals surface area contributed by atoms with Crippen LogP contribution in [0.15, 0.2) is 48.0 Å². The highest BCUT2D eigenvalue weighted by atomic mass is 16.5. The second-order valence-corrected chi connectivity index (χ2v) is 5.24. The molecule has 0 aliphatic rings. The smallest absolute Gasteiger partial charge is 0.348 e. The van der Waals surface area contributed by atoms with Gasteiger partial charge in [0.25, 0.3) is 0 Å². The Labute approximate surface area is 134 Å². The summed E-state index contributed by atoms with van der Waals surface area (Å²) in [6.45, 7) is 1.97. The fourth-order valence-electron chi connectivity index (χ4n) is 2.79. The highest BCUT2D eigenvalue weighted by Gasteiger charge is 2.11. The third-order valence-electron chi connectivity index (χ3n) is 3.86. The topological polar surface area (TPSA) is 55.0 Å². The molecular weight excluding hydrogens is 288 g/mol. The standard InChI is InChI=1S/C19H16N2O2/c1-3-23-19(22)14(12-20)10-13-8-9-18-16(11-13)15-6-4-5-7-17(15)21(18)2/h4-11H,3H2,1-2H3/b14-10-. The number of esters is 1. The van der Waals surface area contributed by atoms with Gasteiger partial charge >= 0.3 is 5.97 Å². The first kappa shape index (κ1) is 14.9. The second-order valence-electron chi connectivity index (χ2n) is 5.24. The summed E-state index contributed by atoms with van der Waals surface area (Å²) in [5, 5.41) is 11.4. The summed E-state index contributed by atoms with van der Waals surface area (Å²) in [6.07, 6.45) is 1.57. The van der Waals surface area contributed by atoms with Gasteiger partial charge < -0.3 is 9.30 Å². The molecule has 1 heterocycles. The molecule has 0 fully saturated rings. The van der Waals surface area contributed by atoms with Crippen molar-refractivity contribution in [2.75, 3.05) is 6.61 Å². The Hall–Kier alpha value is -3.06. The molecule has 0 saturated heterocycles. The van der Waals surface area contributed by atoms with Crippen molar-refractivity contribution in [1.82, 2.24) is 4.57 Å². The number of fused-ring (bicyclic) bond motifs is 3. The summed E-state index contributed by atoms with van der Waals surface area (Å²) in [5.41, 5.74) is 3.07. The monoisotopic (exact) mass is 304 g/mol. The van der Waals surface area contributed by atoms with Gasteiger partial charge in [-0.15, -0.1) is 0 Å². The molecule has 114 valence electrons. The first-order valence-electron chi connectivity index (χ1n) is 7.41. The lowest BCUT2D eigenvalue weighted by Gasteiger charge is -2.01. The van der Waals surface area contributed by atoms with Gasteiger partial charge in [-0.1, -0.05) is 24.3 Å². The van der Waals surface area contributed by atoms with Crippen molar-refractivity contribution in [2.45, 2.75) is 6.92 Å². The molecule has 0 aliphatic heterocycles. The Balaban J connectivity index is 2.15.